The lowest BCUT2D eigenvalue weighted by atomic mass is 10.1. The van der Waals surface area contributed by atoms with E-state index in [1.165, 1.54) is 17.8 Å². The molecule has 0 saturated carbocycles. The summed E-state index contributed by atoms with van der Waals surface area (Å²) in [5.41, 5.74) is 4.50. The average molecular weight is 357 g/mol. The predicted molar refractivity (Wildman–Crippen MR) is 93.9 cm³/mol. The van der Waals surface area contributed by atoms with Crippen molar-refractivity contribution in [1.29, 1.82) is 0 Å². The first-order valence-corrected chi connectivity index (χ1v) is 8.99. The number of ether oxygens (including phenoxy) is 2. The molecule has 0 amide bonds. The van der Waals surface area contributed by atoms with Crippen LogP contribution in [0.15, 0.2) is 48.5 Å². The van der Waals surface area contributed by atoms with Gasteiger partial charge in [0.2, 0.25) is 0 Å². The van der Waals surface area contributed by atoms with Gasteiger partial charge in [-0.3, -0.25) is 4.57 Å². The molecule has 0 fully saturated rings. The normalized spacial score (nSPS) is 9.88. The van der Waals surface area contributed by atoms with Gasteiger partial charge >= 0.3 is 13.8 Å². The number of benzene rings is 2. The first kappa shape index (κ1) is 22.1. The van der Waals surface area contributed by atoms with Crippen molar-refractivity contribution < 1.29 is 28.6 Å². The predicted octanol–water partition coefficient (Wildman–Crippen LogP) is 2.75. The fourth-order valence-electron chi connectivity index (χ4n) is 1.62. The number of rotatable bonds is 4. The van der Waals surface area contributed by atoms with E-state index in [4.69, 9.17) is 9.79 Å². The second-order valence-electron chi connectivity index (χ2n) is 4.39. The van der Waals surface area contributed by atoms with Gasteiger partial charge in [0, 0.05) is 0 Å². The summed E-state index contributed by atoms with van der Waals surface area (Å²) in [6.07, 6.45) is -1.01. The van der Waals surface area contributed by atoms with Gasteiger partial charge in [-0.25, -0.2) is 4.79 Å². The van der Waals surface area contributed by atoms with Crippen molar-refractivity contribution >= 4 is 24.5 Å². The fourth-order valence-corrected chi connectivity index (χ4v) is 2.16. The first-order valence-electron chi connectivity index (χ1n) is 7.19. The molecule has 0 saturated heterocycles. The number of hydrogen-bond acceptors (Lipinski definition) is 5. The molecule has 7 nitrogen and oxygen atoms in total. The van der Waals surface area contributed by atoms with Crippen LogP contribution in [0.5, 0.6) is 0 Å². The summed E-state index contributed by atoms with van der Waals surface area (Å²) in [7, 11) is -1.31. The lowest BCUT2D eigenvalue weighted by molar-refractivity contribution is 0.0726. The topological polar surface area (TPSA) is 119 Å². The Morgan fingerprint density at radius 2 is 1.46 bits per heavy atom. The van der Waals surface area contributed by atoms with Crippen LogP contribution in [0.1, 0.15) is 6.42 Å². The molecule has 2 aromatic carbocycles. The largest absolute Gasteiger partial charge is 0.507 e. The Morgan fingerprint density at radius 3 is 1.79 bits per heavy atom. The molecule has 0 aliphatic heterocycles. The summed E-state index contributed by atoms with van der Waals surface area (Å²) < 4.78 is 18.8. The highest BCUT2D eigenvalue weighted by molar-refractivity contribution is 7.51. The zero-order valence-corrected chi connectivity index (χ0v) is 14.7. The zero-order valence-electron chi connectivity index (χ0n) is 13.8. The molecule has 0 radical (unpaired) electrons. The standard InChI is InChI=1S/C10H8.C5H11O6P.CH5N/c1-2-6-10-8-4-3-7-9(10)5-1;1-10-5(6)11-3-2-4-12(7,8)9;1-2/h1-8H;2-4H2,1H3,(H2,7,8,9);2H2,1H3. The molecule has 8 heteroatoms. The van der Waals surface area contributed by atoms with Crippen molar-refractivity contribution in [3.63, 3.8) is 0 Å². The van der Waals surface area contributed by atoms with Gasteiger partial charge in [0.05, 0.1) is 19.9 Å². The van der Waals surface area contributed by atoms with Crippen LogP contribution in [0.4, 0.5) is 4.79 Å². The number of methoxy groups -OCH3 is 1. The molecule has 0 unspecified atom stereocenters. The van der Waals surface area contributed by atoms with Crippen molar-refractivity contribution in [3.05, 3.63) is 48.5 Å². The summed E-state index contributed by atoms with van der Waals surface area (Å²) >= 11 is 0. The quantitative estimate of drug-likeness (QED) is 0.437. The molecule has 0 aliphatic rings. The smallest absolute Gasteiger partial charge is 0.438 e. The highest BCUT2D eigenvalue weighted by Crippen LogP contribution is 2.34. The molecule has 2 aromatic rings. The van der Waals surface area contributed by atoms with E-state index in [2.05, 4.69) is 63.7 Å². The van der Waals surface area contributed by atoms with E-state index >= 15 is 0 Å². The second-order valence-corrected chi connectivity index (χ2v) is 6.17. The molecular formula is C16H24NO6P. The van der Waals surface area contributed by atoms with Crippen LogP contribution in [0, 0.1) is 0 Å². The van der Waals surface area contributed by atoms with Crippen molar-refractivity contribution in [3.8, 4) is 0 Å². The minimum Gasteiger partial charge on any atom is -0.438 e. The number of carbonyl (C=O) groups excluding carboxylic acids is 1. The molecule has 134 valence electrons. The van der Waals surface area contributed by atoms with Crippen LogP contribution in [-0.2, 0) is 14.0 Å². The Kier molecular flexibility index (Phi) is 11.5. The monoisotopic (exact) mass is 357 g/mol. The Morgan fingerprint density at radius 1 is 1.04 bits per heavy atom. The van der Waals surface area contributed by atoms with E-state index in [-0.39, 0.29) is 19.2 Å². The molecule has 24 heavy (non-hydrogen) atoms. The third-order valence-electron chi connectivity index (χ3n) is 2.64. The summed E-state index contributed by atoms with van der Waals surface area (Å²) in [6.45, 7) is -0.0439. The van der Waals surface area contributed by atoms with Crippen molar-refractivity contribution in [2.75, 3.05) is 26.9 Å². The number of fused-ring (bicyclic) bond motifs is 1. The van der Waals surface area contributed by atoms with E-state index in [0.717, 1.165) is 7.11 Å². The number of carbonyl (C=O) groups is 1. The summed E-state index contributed by atoms with van der Waals surface area (Å²) in [5, 5.41) is 2.62. The minimum absolute atomic E-state index is 0.0439. The molecule has 0 spiro atoms. The molecule has 4 N–H and O–H groups in total. The van der Waals surface area contributed by atoms with E-state index in [1.54, 1.807) is 0 Å². The number of nitrogens with two attached hydrogens (primary N) is 1. The molecule has 0 bridgehead atoms. The Labute approximate surface area is 141 Å². The van der Waals surface area contributed by atoms with Gasteiger partial charge in [-0.15, -0.1) is 0 Å². The maximum absolute atomic E-state index is 10.3. The highest BCUT2D eigenvalue weighted by atomic mass is 31.2. The van der Waals surface area contributed by atoms with Gasteiger partial charge in [-0.2, -0.15) is 0 Å². The minimum atomic E-state index is -3.97. The SMILES string of the molecule is CN.COC(=O)OCCCP(=O)(O)O.c1ccc2ccccc2c1. The Balaban J connectivity index is 0.000000402. The summed E-state index contributed by atoms with van der Waals surface area (Å²) in [4.78, 5) is 27.1. The molecule has 0 aliphatic carbocycles. The van der Waals surface area contributed by atoms with E-state index < -0.39 is 13.8 Å². The third kappa shape index (κ3) is 10.7. The third-order valence-corrected chi connectivity index (χ3v) is 3.54. The van der Waals surface area contributed by atoms with Crippen LogP contribution in [0.2, 0.25) is 0 Å². The maximum atomic E-state index is 10.3. The molecular weight excluding hydrogens is 333 g/mol. The molecule has 2 rings (SSSR count). The van der Waals surface area contributed by atoms with Crippen LogP contribution in [0.25, 0.3) is 10.8 Å². The van der Waals surface area contributed by atoms with Crippen LogP contribution in [0.3, 0.4) is 0 Å². The van der Waals surface area contributed by atoms with Crippen molar-refractivity contribution in [2.45, 2.75) is 6.42 Å². The van der Waals surface area contributed by atoms with Gasteiger partial charge in [-0.05, 0) is 24.2 Å². The lowest BCUT2D eigenvalue weighted by Gasteiger charge is -2.03. The van der Waals surface area contributed by atoms with Gasteiger partial charge in [0.25, 0.3) is 0 Å². The van der Waals surface area contributed by atoms with E-state index in [1.807, 2.05) is 0 Å². The zero-order chi connectivity index (χ0) is 18.4. The summed E-state index contributed by atoms with van der Waals surface area (Å²) in [6, 6.07) is 16.7. The average Bonchev–Trinajstić information content (AvgIpc) is 2.60. The van der Waals surface area contributed by atoms with E-state index in [9.17, 15) is 9.36 Å². The number of hydrogen-bond donors (Lipinski definition) is 3. The second kappa shape index (κ2) is 12.5. The van der Waals surface area contributed by atoms with Crippen LogP contribution >= 0.6 is 7.60 Å². The summed E-state index contributed by atoms with van der Waals surface area (Å²) in [5.74, 6) is 0. The van der Waals surface area contributed by atoms with Gasteiger partial charge in [0.1, 0.15) is 0 Å². The van der Waals surface area contributed by atoms with Crippen molar-refractivity contribution in [2.24, 2.45) is 5.73 Å². The van der Waals surface area contributed by atoms with Gasteiger partial charge < -0.3 is 25.0 Å². The van der Waals surface area contributed by atoms with Crippen LogP contribution < -0.4 is 5.73 Å². The highest BCUT2D eigenvalue weighted by Gasteiger charge is 2.12. The fraction of sp³-hybridized carbons (Fsp3) is 0.312. The van der Waals surface area contributed by atoms with E-state index in [0.29, 0.717) is 0 Å². The molecule has 0 aromatic heterocycles. The van der Waals surface area contributed by atoms with Crippen molar-refractivity contribution in [1.82, 2.24) is 0 Å². The van der Waals surface area contributed by atoms with Gasteiger partial charge in [0.15, 0.2) is 0 Å². The molecule has 0 heterocycles. The van der Waals surface area contributed by atoms with Crippen LogP contribution in [-0.4, -0.2) is 42.9 Å². The lowest BCUT2D eigenvalue weighted by Crippen LogP contribution is -2.06. The maximum Gasteiger partial charge on any atom is 0.507 e. The van der Waals surface area contributed by atoms with Gasteiger partial charge in [-0.1, -0.05) is 48.5 Å². The Bertz CT molecular complexity index is 578. The first-order chi connectivity index (χ1) is 11.4. The molecule has 0 atom stereocenters. The Hall–Kier alpha value is -1.92.